The Kier molecular flexibility index (Phi) is 11.1. The summed E-state index contributed by atoms with van der Waals surface area (Å²) in [6, 6.07) is 14.8. The van der Waals surface area contributed by atoms with Gasteiger partial charge in [-0.1, -0.05) is 81.8 Å². The molecule has 3 nitrogen and oxygen atoms in total. The summed E-state index contributed by atoms with van der Waals surface area (Å²) in [5.41, 5.74) is 3.04. The third-order valence-electron chi connectivity index (χ3n) is 5.53. The first-order valence-electron chi connectivity index (χ1n) is 11.2. The fraction of sp³-hybridized carbons (Fsp3) is 0.538. The molecule has 2 rings (SSSR count). The van der Waals surface area contributed by atoms with E-state index >= 15 is 0 Å². The molecule has 0 spiro atoms. The van der Waals surface area contributed by atoms with Crippen molar-refractivity contribution in [1.82, 2.24) is 0 Å². The summed E-state index contributed by atoms with van der Waals surface area (Å²) < 4.78 is 30.6. The van der Waals surface area contributed by atoms with Crippen LogP contribution in [0.1, 0.15) is 63.9 Å². The van der Waals surface area contributed by atoms with Crippen molar-refractivity contribution in [3.05, 3.63) is 59.9 Å². The lowest BCUT2D eigenvalue weighted by Gasteiger charge is -2.30. The summed E-state index contributed by atoms with van der Waals surface area (Å²) in [5, 5.41) is 0. The molecular formula is C26H37FO3. The molecule has 0 bridgehead atoms. The molecule has 2 aromatic rings. The number of rotatable bonds is 15. The van der Waals surface area contributed by atoms with Crippen LogP contribution in [0.4, 0.5) is 4.39 Å². The van der Waals surface area contributed by atoms with Gasteiger partial charge in [-0.15, -0.1) is 0 Å². The highest BCUT2D eigenvalue weighted by Gasteiger charge is 2.30. The summed E-state index contributed by atoms with van der Waals surface area (Å²) in [4.78, 5) is 0. The zero-order chi connectivity index (χ0) is 21.7. The second-order valence-corrected chi connectivity index (χ2v) is 7.77. The first-order chi connectivity index (χ1) is 14.6. The molecule has 0 aliphatic carbocycles. The molecule has 0 aromatic heterocycles. The van der Waals surface area contributed by atoms with Crippen LogP contribution in [0.5, 0.6) is 0 Å². The lowest BCUT2D eigenvalue weighted by Crippen LogP contribution is -2.37. The van der Waals surface area contributed by atoms with E-state index in [9.17, 15) is 4.39 Å². The van der Waals surface area contributed by atoms with E-state index in [2.05, 4.69) is 19.1 Å². The molecule has 0 N–H and O–H groups in total. The van der Waals surface area contributed by atoms with Gasteiger partial charge in [-0.2, -0.15) is 0 Å². The van der Waals surface area contributed by atoms with Gasteiger partial charge in [0.2, 0.25) is 0 Å². The van der Waals surface area contributed by atoms with Crippen molar-refractivity contribution in [3.8, 4) is 11.1 Å². The zero-order valence-electron chi connectivity index (χ0n) is 18.8. The fourth-order valence-corrected chi connectivity index (χ4v) is 3.63. The van der Waals surface area contributed by atoms with E-state index in [-0.39, 0.29) is 5.82 Å². The summed E-state index contributed by atoms with van der Waals surface area (Å²) in [6.07, 6.45) is 10.2. The minimum atomic E-state index is -0.967. The van der Waals surface area contributed by atoms with E-state index in [1.54, 1.807) is 26.4 Å². The van der Waals surface area contributed by atoms with Crippen LogP contribution < -0.4 is 0 Å². The normalized spacial score (nSPS) is 11.7. The van der Waals surface area contributed by atoms with Crippen molar-refractivity contribution in [2.24, 2.45) is 0 Å². The predicted molar refractivity (Wildman–Crippen MR) is 121 cm³/mol. The van der Waals surface area contributed by atoms with Crippen molar-refractivity contribution >= 4 is 0 Å². The minimum absolute atomic E-state index is 0.221. The molecule has 0 fully saturated rings. The number of unbranched alkanes of at least 4 members (excludes halogenated alkanes) is 6. The number of hydrogen-bond donors (Lipinski definition) is 0. The van der Waals surface area contributed by atoms with E-state index in [4.69, 9.17) is 14.2 Å². The highest BCUT2D eigenvalue weighted by molar-refractivity contribution is 5.63. The number of ether oxygens (including phenoxy) is 3. The van der Waals surface area contributed by atoms with Crippen LogP contribution in [0.15, 0.2) is 48.5 Å². The molecule has 0 amide bonds. The highest BCUT2D eigenvalue weighted by atomic mass is 19.1. The predicted octanol–water partition coefficient (Wildman–Crippen LogP) is 7.14. The maximum atomic E-state index is 13.4. The second kappa shape index (κ2) is 13.5. The highest BCUT2D eigenvalue weighted by Crippen LogP contribution is 2.24. The van der Waals surface area contributed by atoms with Gasteiger partial charge in [0.15, 0.2) is 0 Å². The molecule has 4 heteroatoms. The van der Waals surface area contributed by atoms with Gasteiger partial charge < -0.3 is 14.2 Å². The van der Waals surface area contributed by atoms with Crippen LogP contribution in [-0.2, 0) is 20.6 Å². The molecule has 0 heterocycles. The summed E-state index contributed by atoms with van der Waals surface area (Å²) in [6.45, 7) is 2.75. The standard InChI is InChI=1S/C26H37FO3/c1-4-5-6-7-8-9-10-19-26(28-2,29-3)30-20-18-22-14-16-23(17-15-22)24-12-11-13-25(27)21-24/h11-17,21H,4-10,18-20H2,1-3H3. The third kappa shape index (κ3) is 8.17. The second-order valence-electron chi connectivity index (χ2n) is 7.77. The van der Waals surface area contributed by atoms with Crippen molar-refractivity contribution in [2.45, 2.75) is 70.7 Å². The summed E-state index contributed by atoms with van der Waals surface area (Å²) >= 11 is 0. The Morgan fingerprint density at radius 3 is 2.10 bits per heavy atom. The zero-order valence-corrected chi connectivity index (χ0v) is 18.8. The molecule has 0 radical (unpaired) electrons. The van der Waals surface area contributed by atoms with Gasteiger partial charge in [0, 0.05) is 20.6 Å². The Bertz CT molecular complexity index is 710. The van der Waals surface area contributed by atoms with E-state index in [1.807, 2.05) is 18.2 Å². The van der Waals surface area contributed by atoms with Crippen LogP contribution in [0.3, 0.4) is 0 Å². The Morgan fingerprint density at radius 2 is 1.47 bits per heavy atom. The summed E-state index contributed by atoms with van der Waals surface area (Å²) in [7, 11) is 3.27. The Hall–Kier alpha value is -1.75. The van der Waals surface area contributed by atoms with Crippen molar-refractivity contribution in [3.63, 3.8) is 0 Å². The van der Waals surface area contributed by atoms with Gasteiger partial charge in [-0.05, 0) is 41.7 Å². The third-order valence-corrected chi connectivity index (χ3v) is 5.53. The molecule has 0 saturated heterocycles. The van der Waals surface area contributed by atoms with Gasteiger partial charge >= 0.3 is 0 Å². The van der Waals surface area contributed by atoms with Crippen LogP contribution in [-0.4, -0.2) is 26.8 Å². The van der Waals surface area contributed by atoms with Gasteiger partial charge in [-0.3, -0.25) is 0 Å². The van der Waals surface area contributed by atoms with Gasteiger partial charge in [0.05, 0.1) is 6.61 Å². The Morgan fingerprint density at radius 1 is 0.800 bits per heavy atom. The van der Waals surface area contributed by atoms with Crippen molar-refractivity contribution < 1.29 is 18.6 Å². The van der Waals surface area contributed by atoms with E-state index in [0.29, 0.717) is 6.61 Å². The number of methoxy groups -OCH3 is 2. The summed E-state index contributed by atoms with van der Waals surface area (Å²) in [5.74, 6) is -1.19. The van der Waals surface area contributed by atoms with Crippen LogP contribution in [0, 0.1) is 5.82 Å². The Labute approximate surface area is 181 Å². The lowest BCUT2D eigenvalue weighted by molar-refractivity contribution is -0.365. The minimum Gasteiger partial charge on any atom is -0.331 e. The number of benzene rings is 2. The molecule has 0 saturated carbocycles. The average Bonchev–Trinajstić information content (AvgIpc) is 2.78. The number of hydrogen-bond acceptors (Lipinski definition) is 3. The van der Waals surface area contributed by atoms with E-state index < -0.39 is 5.97 Å². The lowest BCUT2D eigenvalue weighted by atomic mass is 10.0. The molecule has 2 aromatic carbocycles. The molecule has 0 atom stereocenters. The average molecular weight is 417 g/mol. The molecule has 0 unspecified atom stereocenters. The molecule has 30 heavy (non-hydrogen) atoms. The monoisotopic (exact) mass is 416 g/mol. The maximum absolute atomic E-state index is 13.4. The van der Waals surface area contributed by atoms with Gasteiger partial charge in [0.25, 0.3) is 5.97 Å². The maximum Gasteiger partial charge on any atom is 0.282 e. The quantitative estimate of drug-likeness (QED) is 0.228. The molecule has 0 aliphatic rings. The van der Waals surface area contributed by atoms with E-state index in [0.717, 1.165) is 36.0 Å². The largest absolute Gasteiger partial charge is 0.331 e. The smallest absolute Gasteiger partial charge is 0.282 e. The van der Waals surface area contributed by atoms with E-state index in [1.165, 1.54) is 44.6 Å². The first-order valence-corrected chi connectivity index (χ1v) is 11.2. The molecule has 0 aliphatic heterocycles. The van der Waals surface area contributed by atoms with Crippen molar-refractivity contribution in [2.75, 3.05) is 20.8 Å². The number of halogens is 1. The SMILES string of the molecule is CCCCCCCCCC(OC)(OC)OCCc1ccc(-c2cccc(F)c2)cc1. The Balaban J connectivity index is 1.77. The fourth-order valence-electron chi connectivity index (χ4n) is 3.63. The van der Waals surface area contributed by atoms with Gasteiger partial charge in [0.1, 0.15) is 5.82 Å². The first kappa shape index (κ1) is 24.5. The molecular weight excluding hydrogens is 379 g/mol. The van der Waals surface area contributed by atoms with Crippen LogP contribution in [0.2, 0.25) is 0 Å². The van der Waals surface area contributed by atoms with Crippen LogP contribution >= 0.6 is 0 Å². The van der Waals surface area contributed by atoms with Crippen molar-refractivity contribution in [1.29, 1.82) is 0 Å². The van der Waals surface area contributed by atoms with Crippen LogP contribution in [0.25, 0.3) is 11.1 Å². The van der Waals surface area contributed by atoms with Gasteiger partial charge in [-0.25, -0.2) is 4.39 Å². The molecule has 166 valence electrons. The topological polar surface area (TPSA) is 27.7 Å².